The van der Waals surface area contributed by atoms with Crippen LogP contribution in [0.5, 0.6) is 0 Å². The summed E-state index contributed by atoms with van der Waals surface area (Å²) < 4.78 is 25.8. The van der Waals surface area contributed by atoms with Crippen molar-refractivity contribution in [1.82, 2.24) is 4.90 Å². The fourth-order valence-corrected chi connectivity index (χ4v) is 6.99. The number of amidine groups is 1. The van der Waals surface area contributed by atoms with Gasteiger partial charge in [-0.1, -0.05) is 24.3 Å². The zero-order chi connectivity index (χ0) is 19.4. The first-order valence-corrected chi connectivity index (χ1v) is 12.4. The van der Waals surface area contributed by atoms with Crippen molar-refractivity contribution in [3.8, 4) is 0 Å². The summed E-state index contributed by atoms with van der Waals surface area (Å²) in [7, 11) is -2.45. The molecule has 4 aliphatic rings. The molecule has 1 amide bonds. The maximum atomic E-state index is 12.5. The zero-order valence-electron chi connectivity index (χ0n) is 15.6. The van der Waals surface area contributed by atoms with Crippen molar-refractivity contribution < 1.29 is 18.6 Å². The first-order valence-electron chi connectivity index (χ1n) is 9.70. The second-order valence-corrected chi connectivity index (χ2v) is 11.3. The Labute approximate surface area is 170 Å². The van der Waals surface area contributed by atoms with E-state index in [1.54, 1.807) is 0 Å². The molecule has 0 saturated carbocycles. The standard InChI is InChI=1S/C20H24N2O4S2/c23-18-17(14-5-11-28(24,25)12-6-14)27-19(21-18)22-9-7-20(8-10-22)16-4-2-1-3-15(16)13-26-20/h1-4,24-25H,5-13H2. The number of ether oxygens (including phenoxy) is 1. The van der Waals surface area contributed by atoms with E-state index in [2.05, 4.69) is 34.2 Å². The minimum atomic E-state index is -2.45. The van der Waals surface area contributed by atoms with Gasteiger partial charge in [0.25, 0.3) is 5.91 Å². The number of fused-ring (bicyclic) bond motifs is 2. The van der Waals surface area contributed by atoms with Gasteiger partial charge in [-0.25, -0.2) is 0 Å². The summed E-state index contributed by atoms with van der Waals surface area (Å²) in [4.78, 5) is 19.7. The van der Waals surface area contributed by atoms with Crippen molar-refractivity contribution in [3.63, 3.8) is 0 Å². The molecule has 8 heteroatoms. The average Bonchev–Trinajstić information content (AvgIpc) is 3.25. The molecule has 0 aliphatic carbocycles. The van der Waals surface area contributed by atoms with Crippen LogP contribution in [0, 0.1) is 0 Å². The number of aliphatic imine (C=N–C) groups is 1. The molecule has 0 bridgehead atoms. The number of likely N-dealkylation sites (tertiary alicyclic amines) is 1. The Bertz CT molecular complexity index is 876. The monoisotopic (exact) mass is 420 g/mol. The molecule has 4 heterocycles. The van der Waals surface area contributed by atoms with Crippen LogP contribution in [0.25, 0.3) is 0 Å². The third-order valence-corrected chi connectivity index (χ3v) is 9.14. The quantitative estimate of drug-likeness (QED) is 0.619. The second-order valence-electron chi connectivity index (χ2n) is 7.87. The van der Waals surface area contributed by atoms with Crippen LogP contribution in [0.2, 0.25) is 0 Å². The second kappa shape index (κ2) is 6.88. The van der Waals surface area contributed by atoms with E-state index < -0.39 is 10.6 Å². The summed E-state index contributed by atoms with van der Waals surface area (Å²) in [5.41, 5.74) is 3.44. The minimum Gasteiger partial charge on any atom is -0.365 e. The summed E-state index contributed by atoms with van der Waals surface area (Å²) in [5.74, 6) is 0.548. The molecule has 150 valence electrons. The Morgan fingerprint density at radius 3 is 2.61 bits per heavy atom. The van der Waals surface area contributed by atoms with E-state index in [9.17, 15) is 13.9 Å². The number of hydrogen-bond acceptors (Lipinski definition) is 6. The number of carbonyl (C=O) groups excluding carboxylic acids is 1. The van der Waals surface area contributed by atoms with E-state index in [-0.39, 0.29) is 11.5 Å². The van der Waals surface area contributed by atoms with Crippen LogP contribution in [0.4, 0.5) is 0 Å². The SMILES string of the molecule is O=C1N=C(N2CCC3(CC2)OCc2ccccc23)SC1=C1CCS(O)(O)CC1. The maximum Gasteiger partial charge on any atom is 0.286 e. The molecule has 28 heavy (non-hydrogen) atoms. The van der Waals surface area contributed by atoms with E-state index >= 15 is 0 Å². The van der Waals surface area contributed by atoms with Crippen LogP contribution in [-0.4, -0.2) is 49.7 Å². The molecular formula is C20H24N2O4S2. The molecule has 0 unspecified atom stereocenters. The van der Waals surface area contributed by atoms with Gasteiger partial charge in [-0.3, -0.25) is 13.9 Å². The highest BCUT2D eigenvalue weighted by atomic mass is 32.3. The molecule has 0 radical (unpaired) electrons. The molecule has 1 aromatic carbocycles. The van der Waals surface area contributed by atoms with Crippen LogP contribution in [0.3, 0.4) is 0 Å². The van der Waals surface area contributed by atoms with E-state index in [1.807, 2.05) is 0 Å². The smallest absolute Gasteiger partial charge is 0.286 e. The lowest BCUT2D eigenvalue weighted by Gasteiger charge is -2.39. The van der Waals surface area contributed by atoms with Gasteiger partial charge in [0.15, 0.2) is 5.17 Å². The predicted molar refractivity (Wildman–Crippen MR) is 113 cm³/mol. The van der Waals surface area contributed by atoms with E-state index in [0.717, 1.165) is 36.7 Å². The molecule has 4 aliphatic heterocycles. The highest BCUT2D eigenvalue weighted by Gasteiger charge is 2.43. The summed E-state index contributed by atoms with van der Waals surface area (Å²) in [6.07, 6.45) is 2.94. The molecule has 0 aromatic heterocycles. The van der Waals surface area contributed by atoms with Gasteiger partial charge < -0.3 is 9.64 Å². The Morgan fingerprint density at radius 2 is 1.86 bits per heavy atom. The molecule has 0 atom stereocenters. The lowest BCUT2D eigenvalue weighted by molar-refractivity contribution is -0.113. The number of rotatable bonds is 0. The normalized spacial score (nSPS) is 27.1. The van der Waals surface area contributed by atoms with Crippen molar-refractivity contribution in [2.75, 3.05) is 24.6 Å². The Hall–Kier alpha value is -1.32. The van der Waals surface area contributed by atoms with Gasteiger partial charge in [0.2, 0.25) is 0 Å². The Morgan fingerprint density at radius 1 is 1.14 bits per heavy atom. The van der Waals surface area contributed by atoms with Crippen molar-refractivity contribution in [3.05, 3.63) is 45.9 Å². The molecule has 2 N–H and O–H groups in total. The molecule has 2 saturated heterocycles. The minimum absolute atomic E-state index is 0.170. The summed E-state index contributed by atoms with van der Waals surface area (Å²) in [6.45, 7) is 2.31. The lowest BCUT2D eigenvalue weighted by atomic mass is 9.84. The van der Waals surface area contributed by atoms with Gasteiger partial charge in [-0.2, -0.15) is 15.6 Å². The zero-order valence-corrected chi connectivity index (χ0v) is 17.2. The Kier molecular flexibility index (Phi) is 4.59. The molecule has 1 spiro atoms. The summed E-state index contributed by atoms with van der Waals surface area (Å²) in [5, 5.41) is 0.783. The first kappa shape index (κ1) is 18.7. The number of amides is 1. The van der Waals surface area contributed by atoms with Crippen LogP contribution in [0.1, 0.15) is 36.8 Å². The third kappa shape index (κ3) is 3.21. The molecule has 1 aromatic rings. The van der Waals surface area contributed by atoms with Crippen molar-refractivity contribution in [2.24, 2.45) is 4.99 Å². The van der Waals surface area contributed by atoms with Gasteiger partial charge >= 0.3 is 0 Å². The van der Waals surface area contributed by atoms with Gasteiger partial charge in [-0.05, 0) is 54.1 Å². The molecule has 6 nitrogen and oxygen atoms in total. The van der Waals surface area contributed by atoms with E-state index in [0.29, 0.717) is 35.9 Å². The molecule has 5 rings (SSSR count). The highest BCUT2D eigenvalue weighted by molar-refractivity contribution is 8.24. The lowest BCUT2D eigenvalue weighted by Crippen LogP contribution is -2.44. The van der Waals surface area contributed by atoms with Gasteiger partial charge in [0.05, 0.1) is 17.1 Å². The highest BCUT2D eigenvalue weighted by Crippen LogP contribution is 2.49. The van der Waals surface area contributed by atoms with Gasteiger partial charge in [-0.15, -0.1) is 0 Å². The predicted octanol–water partition coefficient (Wildman–Crippen LogP) is 3.94. The topological polar surface area (TPSA) is 82.4 Å². The first-order chi connectivity index (χ1) is 13.5. The van der Waals surface area contributed by atoms with Crippen LogP contribution in [-0.2, 0) is 21.7 Å². The van der Waals surface area contributed by atoms with Crippen LogP contribution < -0.4 is 0 Å². The van der Waals surface area contributed by atoms with Gasteiger partial charge in [0.1, 0.15) is 0 Å². The summed E-state index contributed by atoms with van der Waals surface area (Å²) >= 11 is 1.46. The number of allylic oxidation sites excluding steroid dienone is 1. The largest absolute Gasteiger partial charge is 0.365 e. The number of nitrogens with zero attached hydrogens (tertiary/aromatic N) is 2. The van der Waals surface area contributed by atoms with Crippen molar-refractivity contribution in [2.45, 2.75) is 37.9 Å². The number of hydrogen-bond donors (Lipinski definition) is 2. The van der Waals surface area contributed by atoms with Crippen molar-refractivity contribution >= 4 is 33.4 Å². The average molecular weight is 421 g/mol. The number of piperidine rings is 1. The van der Waals surface area contributed by atoms with E-state index in [1.165, 1.54) is 22.9 Å². The summed E-state index contributed by atoms with van der Waals surface area (Å²) in [6, 6.07) is 8.46. The number of benzene rings is 1. The fourth-order valence-electron chi connectivity index (χ4n) is 4.54. The molecular weight excluding hydrogens is 396 g/mol. The Balaban J connectivity index is 1.27. The number of carbonyl (C=O) groups is 1. The third-order valence-electron chi connectivity index (χ3n) is 6.22. The van der Waals surface area contributed by atoms with Crippen LogP contribution >= 0.6 is 22.4 Å². The fraction of sp³-hybridized carbons (Fsp3) is 0.500. The molecule has 2 fully saturated rings. The maximum absolute atomic E-state index is 12.5. The van der Waals surface area contributed by atoms with E-state index in [4.69, 9.17) is 4.74 Å². The van der Waals surface area contributed by atoms with Crippen molar-refractivity contribution in [1.29, 1.82) is 0 Å². The van der Waals surface area contributed by atoms with Gasteiger partial charge in [0, 0.05) is 24.6 Å². The van der Waals surface area contributed by atoms with Crippen LogP contribution in [0.15, 0.2) is 39.7 Å². The number of thioether (sulfide) groups is 1.